The number of thioether (sulfide) groups is 1. The van der Waals surface area contributed by atoms with Gasteiger partial charge in [-0.1, -0.05) is 6.07 Å². The molecule has 1 fully saturated rings. The predicted molar refractivity (Wildman–Crippen MR) is 138 cm³/mol. The third-order valence-corrected chi connectivity index (χ3v) is 8.53. The molecule has 0 bridgehead atoms. The number of aryl methyl sites for hydroxylation is 1. The molecular formula is C24H28N6O2S2. The van der Waals surface area contributed by atoms with E-state index in [1.807, 2.05) is 36.4 Å². The van der Waals surface area contributed by atoms with Crippen LogP contribution in [0.3, 0.4) is 0 Å². The maximum absolute atomic E-state index is 12.8. The first-order chi connectivity index (χ1) is 16.6. The van der Waals surface area contributed by atoms with Crippen molar-refractivity contribution in [3.05, 3.63) is 52.5 Å². The van der Waals surface area contributed by atoms with Crippen LogP contribution < -0.4 is 10.6 Å². The second-order valence-electron chi connectivity index (χ2n) is 8.43. The van der Waals surface area contributed by atoms with Crippen LogP contribution in [0.2, 0.25) is 0 Å². The second kappa shape index (κ2) is 10.4. The Morgan fingerprint density at radius 3 is 3.06 bits per heavy atom. The van der Waals surface area contributed by atoms with E-state index in [2.05, 4.69) is 38.8 Å². The van der Waals surface area contributed by atoms with Crippen molar-refractivity contribution in [1.29, 1.82) is 0 Å². The standard InChI is InChI=1S/C24H28N6O2S2/c1-15-13-30(14-27-15)17-4-3-5-18-22(17)29-24(33-18)21-16-6-8-26-12-19(16)34-23(21)28-20(31)7-9-25-10-11-32-2/h3-5,8,12-14,16,21,23,25H,6-7,9-11H2,1-2H3,(H,28,31). The summed E-state index contributed by atoms with van der Waals surface area (Å²) in [5.74, 6) is 0.429. The minimum absolute atomic E-state index is 0.0447. The van der Waals surface area contributed by atoms with E-state index in [-0.39, 0.29) is 23.1 Å². The van der Waals surface area contributed by atoms with Gasteiger partial charge in [0.25, 0.3) is 0 Å². The normalized spacial score (nSPS) is 21.6. The minimum Gasteiger partial charge on any atom is -0.383 e. The lowest BCUT2D eigenvalue weighted by Crippen LogP contribution is -2.37. The van der Waals surface area contributed by atoms with Crippen molar-refractivity contribution < 1.29 is 9.53 Å². The molecule has 4 heterocycles. The number of amides is 1. The van der Waals surface area contributed by atoms with Crippen LogP contribution in [0.5, 0.6) is 0 Å². The quantitative estimate of drug-likeness (QED) is 0.440. The number of hydrogen-bond donors (Lipinski definition) is 2. The number of carbonyl (C=O) groups excluding carboxylic acids is 1. The molecule has 2 aromatic heterocycles. The summed E-state index contributed by atoms with van der Waals surface area (Å²) in [7, 11) is 1.67. The Hall–Kier alpha value is -2.53. The molecule has 1 saturated heterocycles. The molecule has 2 N–H and O–H groups in total. The molecule has 178 valence electrons. The summed E-state index contributed by atoms with van der Waals surface area (Å²) in [4.78, 5) is 27.9. The lowest BCUT2D eigenvalue weighted by Gasteiger charge is -2.22. The third-order valence-electron chi connectivity index (χ3n) is 6.06. The number of allylic oxidation sites excluding steroid dienone is 1. The Labute approximate surface area is 206 Å². The maximum atomic E-state index is 12.8. The summed E-state index contributed by atoms with van der Waals surface area (Å²) in [6, 6.07) is 6.25. The number of nitrogens with one attached hydrogen (secondary N) is 2. The molecule has 1 amide bonds. The zero-order chi connectivity index (χ0) is 23.5. The fourth-order valence-corrected chi connectivity index (χ4v) is 7.16. The Bertz CT molecular complexity index is 1230. The van der Waals surface area contributed by atoms with E-state index in [0.29, 0.717) is 19.6 Å². The van der Waals surface area contributed by atoms with E-state index in [1.54, 1.807) is 30.2 Å². The van der Waals surface area contributed by atoms with Crippen molar-refractivity contribution in [1.82, 2.24) is 25.2 Å². The van der Waals surface area contributed by atoms with Crippen LogP contribution >= 0.6 is 23.1 Å². The molecule has 2 aliphatic heterocycles. The number of thiazole rings is 1. The van der Waals surface area contributed by atoms with Gasteiger partial charge in [0, 0.05) is 62.0 Å². The summed E-state index contributed by atoms with van der Waals surface area (Å²) in [5.41, 5.74) is 2.96. The van der Waals surface area contributed by atoms with E-state index in [4.69, 9.17) is 9.72 Å². The van der Waals surface area contributed by atoms with Crippen LogP contribution in [0.15, 0.2) is 46.8 Å². The first-order valence-corrected chi connectivity index (χ1v) is 13.1. The molecule has 5 rings (SSSR count). The summed E-state index contributed by atoms with van der Waals surface area (Å²) in [6.07, 6.45) is 9.05. The number of nitrogens with zero attached hydrogens (tertiary/aromatic N) is 4. The summed E-state index contributed by atoms with van der Waals surface area (Å²) >= 11 is 3.43. The highest BCUT2D eigenvalue weighted by molar-refractivity contribution is 8.04. The first kappa shape index (κ1) is 23.2. The minimum atomic E-state index is -0.0658. The number of para-hydroxylation sites is 1. The average molecular weight is 497 g/mol. The van der Waals surface area contributed by atoms with Crippen molar-refractivity contribution in [2.75, 3.05) is 26.8 Å². The molecule has 2 aliphatic rings. The van der Waals surface area contributed by atoms with E-state index in [0.717, 1.165) is 39.6 Å². The van der Waals surface area contributed by atoms with Gasteiger partial charge < -0.3 is 19.9 Å². The molecule has 1 aromatic carbocycles. The van der Waals surface area contributed by atoms with Gasteiger partial charge in [-0.25, -0.2) is 9.97 Å². The maximum Gasteiger partial charge on any atom is 0.222 e. The van der Waals surface area contributed by atoms with Gasteiger partial charge in [-0.15, -0.1) is 23.1 Å². The average Bonchev–Trinajstić information content (AvgIpc) is 3.54. The SMILES string of the molecule is COCCNCCC(=O)NC1SC2=CN=CCC2C1c1nc2c(-n3cnc(C)c3)cccc2s1. The first-order valence-electron chi connectivity index (χ1n) is 11.4. The van der Waals surface area contributed by atoms with Gasteiger partial charge in [0.05, 0.1) is 34.4 Å². The highest BCUT2D eigenvalue weighted by Crippen LogP contribution is 2.53. The highest BCUT2D eigenvalue weighted by atomic mass is 32.2. The molecule has 3 aromatic rings. The van der Waals surface area contributed by atoms with Crippen molar-refractivity contribution in [2.45, 2.75) is 31.1 Å². The van der Waals surface area contributed by atoms with Crippen LogP contribution in [-0.4, -0.2) is 58.8 Å². The summed E-state index contributed by atoms with van der Waals surface area (Å²) in [5, 5.41) is 7.50. The Morgan fingerprint density at radius 1 is 1.32 bits per heavy atom. The van der Waals surface area contributed by atoms with Crippen molar-refractivity contribution >= 4 is 45.4 Å². The number of fused-ring (bicyclic) bond motifs is 2. The number of ether oxygens (including phenoxy) is 1. The van der Waals surface area contributed by atoms with Gasteiger partial charge in [0.1, 0.15) is 10.5 Å². The molecule has 3 atom stereocenters. The number of carbonyl (C=O) groups is 1. The zero-order valence-corrected chi connectivity index (χ0v) is 20.9. The van der Waals surface area contributed by atoms with Gasteiger partial charge in [-0.3, -0.25) is 9.79 Å². The van der Waals surface area contributed by atoms with Crippen LogP contribution in [0.1, 0.15) is 29.5 Å². The summed E-state index contributed by atoms with van der Waals surface area (Å²) < 4.78 is 8.21. The second-order valence-corrected chi connectivity index (χ2v) is 10.7. The number of benzene rings is 1. The van der Waals surface area contributed by atoms with Crippen LogP contribution in [0, 0.1) is 12.8 Å². The molecule has 3 unspecified atom stereocenters. The largest absolute Gasteiger partial charge is 0.383 e. The molecule has 0 spiro atoms. The van der Waals surface area contributed by atoms with Crippen molar-refractivity contribution in [3.8, 4) is 5.69 Å². The summed E-state index contributed by atoms with van der Waals surface area (Å²) in [6.45, 7) is 3.98. The van der Waals surface area contributed by atoms with E-state index >= 15 is 0 Å². The Morgan fingerprint density at radius 2 is 2.24 bits per heavy atom. The van der Waals surface area contributed by atoms with Crippen molar-refractivity contribution in [3.63, 3.8) is 0 Å². The Kier molecular flexibility index (Phi) is 7.10. The van der Waals surface area contributed by atoms with Crippen LogP contribution in [0.4, 0.5) is 0 Å². The predicted octanol–water partition coefficient (Wildman–Crippen LogP) is 3.62. The molecular weight excluding hydrogens is 468 g/mol. The number of aromatic nitrogens is 3. The van der Waals surface area contributed by atoms with E-state index in [9.17, 15) is 4.79 Å². The fraction of sp³-hybridized carbons (Fsp3) is 0.417. The number of methoxy groups -OCH3 is 1. The molecule has 8 nitrogen and oxygen atoms in total. The lowest BCUT2D eigenvalue weighted by molar-refractivity contribution is -0.121. The van der Waals surface area contributed by atoms with Gasteiger partial charge in [0.15, 0.2) is 0 Å². The highest BCUT2D eigenvalue weighted by Gasteiger charge is 2.44. The molecule has 10 heteroatoms. The molecule has 0 aliphatic carbocycles. The number of imidazole rings is 1. The zero-order valence-electron chi connectivity index (χ0n) is 19.2. The Balaban J connectivity index is 1.40. The third kappa shape index (κ3) is 4.81. The van der Waals surface area contributed by atoms with E-state index < -0.39 is 0 Å². The molecule has 0 saturated carbocycles. The number of rotatable bonds is 9. The number of hydrogen-bond acceptors (Lipinski definition) is 8. The van der Waals surface area contributed by atoms with Gasteiger partial charge in [0.2, 0.25) is 5.91 Å². The lowest BCUT2D eigenvalue weighted by atomic mass is 9.89. The monoisotopic (exact) mass is 496 g/mol. The molecule has 34 heavy (non-hydrogen) atoms. The smallest absolute Gasteiger partial charge is 0.222 e. The number of aliphatic imine (C=N–C) groups is 1. The van der Waals surface area contributed by atoms with Gasteiger partial charge in [-0.05, 0) is 25.5 Å². The molecule has 0 radical (unpaired) electrons. The van der Waals surface area contributed by atoms with Gasteiger partial charge >= 0.3 is 0 Å². The fourth-order valence-electron chi connectivity index (χ4n) is 4.39. The topological polar surface area (TPSA) is 93.4 Å². The van der Waals surface area contributed by atoms with Gasteiger partial charge in [-0.2, -0.15) is 0 Å². The van der Waals surface area contributed by atoms with Crippen LogP contribution in [0.25, 0.3) is 15.9 Å². The van der Waals surface area contributed by atoms with Crippen molar-refractivity contribution in [2.24, 2.45) is 10.9 Å². The van der Waals surface area contributed by atoms with Crippen LogP contribution in [-0.2, 0) is 9.53 Å². The van der Waals surface area contributed by atoms with E-state index in [1.165, 1.54) is 4.91 Å².